The van der Waals surface area contributed by atoms with Gasteiger partial charge in [0.05, 0.1) is 0 Å². The molecule has 1 rings (SSSR count). The van der Waals surface area contributed by atoms with Gasteiger partial charge in [-0.05, 0) is 19.1 Å². The van der Waals surface area contributed by atoms with Crippen LogP contribution >= 0.6 is 0 Å². The van der Waals surface area contributed by atoms with E-state index in [1.54, 1.807) is 12.1 Å². The molecule has 0 radical (unpaired) electrons. The number of carbonyl (C=O) groups is 1. The number of nitrogens with zero attached hydrogens (tertiary/aromatic N) is 3. The van der Waals surface area contributed by atoms with Crippen LogP contribution in [0.15, 0.2) is 23.4 Å². The molecule has 0 aliphatic carbocycles. The van der Waals surface area contributed by atoms with Crippen LogP contribution in [0.2, 0.25) is 0 Å². The zero-order chi connectivity index (χ0) is 11.1. The molecular formula is C9H13N5O. The molecule has 6 heteroatoms. The molecule has 0 fully saturated rings. The number of hydrogen-bond donors (Lipinski definition) is 2. The lowest BCUT2D eigenvalue weighted by Gasteiger charge is -2.10. The average Bonchev–Trinajstić information content (AvgIpc) is 2.29. The van der Waals surface area contributed by atoms with Gasteiger partial charge in [0.2, 0.25) is 0 Å². The molecular weight excluding hydrogens is 194 g/mol. The predicted molar refractivity (Wildman–Crippen MR) is 58.5 cm³/mol. The molecule has 0 unspecified atom stereocenters. The molecule has 80 valence electrons. The smallest absolute Gasteiger partial charge is 0.151 e. The molecule has 6 nitrogen and oxygen atoms in total. The third-order valence-electron chi connectivity index (χ3n) is 1.60. The van der Waals surface area contributed by atoms with Gasteiger partial charge in [-0.25, -0.2) is 15.8 Å². The Bertz CT molecular complexity index is 335. The van der Waals surface area contributed by atoms with Gasteiger partial charge in [0.25, 0.3) is 0 Å². The van der Waals surface area contributed by atoms with Crippen LogP contribution in [0.25, 0.3) is 0 Å². The molecule has 0 aliphatic rings. The second-order valence-corrected chi connectivity index (χ2v) is 2.73. The summed E-state index contributed by atoms with van der Waals surface area (Å²) in [4.78, 5) is 14.4. The molecule has 0 amide bonds. The molecule has 15 heavy (non-hydrogen) atoms. The highest BCUT2D eigenvalue weighted by Gasteiger charge is 1.99. The van der Waals surface area contributed by atoms with Gasteiger partial charge in [0, 0.05) is 18.3 Å². The molecule has 0 bridgehead atoms. The van der Waals surface area contributed by atoms with Crippen LogP contribution in [0, 0.1) is 0 Å². The fourth-order valence-corrected chi connectivity index (χ4v) is 0.873. The van der Waals surface area contributed by atoms with Crippen molar-refractivity contribution in [1.82, 2.24) is 10.4 Å². The molecule has 1 aromatic heterocycles. The number of rotatable bonds is 5. The molecule has 0 saturated heterocycles. The normalized spacial score (nSPS) is 10.3. The molecule has 1 aromatic rings. The van der Waals surface area contributed by atoms with Gasteiger partial charge >= 0.3 is 0 Å². The van der Waals surface area contributed by atoms with Crippen molar-refractivity contribution >= 4 is 18.4 Å². The summed E-state index contributed by atoms with van der Waals surface area (Å²) in [5, 5.41) is 5.09. The monoisotopic (exact) mass is 207 g/mol. The molecule has 1 heterocycles. The van der Waals surface area contributed by atoms with E-state index >= 15 is 0 Å². The average molecular weight is 207 g/mol. The summed E-state index contributed by atoms with van der Waals surface area (Å²) >= 11 is 0. The SMILES string of the molecule is CCN/N=C\N(N)c1ccc(C=O)cn1. The maximum absolute atomic E-state index is 10.4. The van der Waals surface area contributed by atoms with E-state index < -0.39 is 0 Å². The van der Waals surface area contributed by atoms with Crippen LogP contribution in [-0.2, 0) is 0 Å². The number of hydrazone groups is 1. The Labute approximate surface area is 87.8 Å². The third kappa shape index (κ3) is 3.35. The van der Waals surface area contributed by atoms with Crippen molar-refractivity contribution in [2.45, 2.75) is 6.92 Å². The zero-order valence-electron chi connectivity index (χ0n) is 8.42. The Morgan fingerprint density at radius 3 is 3.00 bits per heavy atom. The van der Waals surface area contributed by atoms with Crippen molar-refractivity contribution in [2.24, 2.45) is 10.9 Å². The quantitative estimate of drug-likeness (QED) is 0.236. The van der Waals surface area contributed by atoms with E-state index in [2.05, 4.69) is 15.5 Å². The van der Waals surface area contributed by atoms with Crippen molar-refractivity contribution in [3.05, 3.63) is 23.9 Å². The number of anilines is 1. The van der Waals surface area contributed by atoms with E-state index in [4.69, 9.17) is 5.84 Å². The molecule has 0 saturated carbocycles. The first-order valence-corrected chi connectivity index (χ1v) is 4.49. The highest BCUT2D eigenvalue weighted by atomic mass is 16.1. The van der Waals surface area contributed by atoms with Gasteiger partial charge in [-0.1, -0.05) is 0 Å². The van der Waals surface area contributed by atoms with Gasteiger partial charge in [-0.3, -0.25) is 4.79 Å². The van der Waals surface area contributed by atoms with Crippen molar-refractivity contribution < 1.29 is 4.79 Å². The van der Waals surface area contributed by atoms with Crippen LogP contribution in [0.1, 0.15) is 17.3 Å². The summed E-state index contributed by atoms with van der Waals surface area (Å²) < 4.78 is 0. The molecule has 3 N–H and O–H groups in total. The minimum Gasteiger partial charge on any atom is -0.309 e. The lowest BCUT2D eigenvalue weighted by molar-refractivity contribution is 0.112. The Hall–Kier alpha value is -1.95. The second-order valence-electron chi connectivity index (χ2n) is 2.73. The van der Waals surface area contributed by atoms with Gasteiger partial charge in [-0.15, -0.1) is 0 Å². The number of nitrogens with one attached hydrogen (secondary N) is 1. The summed E-state index contributed by atoms with van der Waals surface area (Å²) in [6.45, 7) is 2.65. The summed E-state index contributed by atoms with van der Waals surface area (Å²) in [7, 11) is 0. The molecule has 0 aromatic carbocycles. The summed E-state index contributed by atoms with van der Waals surface area (Å²) in [5.41, 5.74) is 3.25. The molecule has 0 atom stereocenters. The summed E-state index contributed by atoms with van der Waals surface area (Å²) in [6.07, 6.45) is 3.58. The van der Waals surface area contributed by atoms with Crippen molar-refractivity contribution in [3.8, 4) is 0 Å². The first-order chi connectivity index (χ1) is 7.27. The summed E-state index contributed by atoms with van der Waals surface area (Å²) in [6, 6.07) is 3.28. The third-order valence-corrected chi connectivity index (χ3v) is 1.60. The Morgan fingerprint density at radius 1 is 1.67 bits per heavy atom. The number of aromatic nitrogens is 1. The highest BCUT2D eigenvalue weighted by molar-refractivity contribution is 5.78. The number of hydrogen-bond acceptors (Lipinski definition) is 5. The number of hydrazine groups is 1. The van der Waals surface area contributed by atoms with Crippen molar-refractivity contribution in [2.75, 3.05) is 11.6 Å². The molecule has 0 spiro atoms. The van der Waals surface area contributed by atoms with Gasteiger partial charge in [0.1, 0.15) is 12.2 Å². The standard InChI is InChI=1S/C9H13N5O/c1-2-12-13-7-14(10)9-4-3-8(6-15)5-11-9/h3-7,12H,2,10H2,1H3/b13-7-. The zero-order valence-corrected chi connectivity index (χ0v) is 8.42. The van der Waals surface area contributed by atoms with Crippen LogP contribution in [0.3, 0.4) is 0 Å². The van der Waals surface area contributed by atoms with Gasteiger partial charge in [0.15, 0.2) is 6.29 Å². The van der Waals surface area contributed by atoms with E-state index in [9.17, 15) is 4.79 Å². The van der Waals surface area contributed by atoms with Crippen LogP contribution < -0.4 is 16.3 Å². The topological polar surface area (TPSA) is 83.6 Å². The number of pyridine rings is 1. The van der Waals surface area contributed by atoms with E-state index in [1.807, 2.05) is 6.92 Å². The number of aldehydes is 1. The first kappa shape index (κ1) is 11.1. The summed E-state index contributed by atoms with van der Waals surface area (Å²) in [5.74, 6) is 6.14. The van der Waals surface area contributed by atoms with Crippen LogP contribution in [0.5, 0.6) is 0 Å². The Kier molecular flexibility index (Phi) is 4.24. The number of nitrogens with two attached hydrogens (primary N) is 1. The molecule has 0 aliphatic heterocycles. The van der Waals surface area contributed by atoms with E-state index in [0.717, 1.165) is 12.8 Å². The van der Waals surface area contributed by atoms with Crippen molar-refractivity contribution in [1.29, 1.82) is 0 Å². The first-order valence-electron chi connectivity index (χ1n) is 4.49. The Morgan fingerprint density at radius 2 is 2.47 bits per heavy atom. The van der Waals surface area contributed by atoms with Gasteiger partial charge < -0.3 is 5.43 Å². The van der Waals surface area contributed by atoms with Crippen molar-refractivity contribution in [3.63, 3.8) is 0 Å². The fourth-order valence-electron chi connectivity index (χ4n) is 0.873. The lowest BCUT2D eigenvalue weighted by Crippen LogP contribution is -2.30. The van der Waals surface area contributed by atoms with E-state index in [0.29, 0.717) is 11.4 Å². The maximum atomic E-state index is 10.4. The predicted octanol–water partition coefficient (Wildman–Crippen LogP) is 0.127. The van der Waals surface area contributed by atoms with Crippen LogP contribution in [0.4, 0.5) is 5.82 Å². The highest BCUT2D eigenvalue weighted by Crippen LogP contribution is 2.04. The Balaban J connectivity index is 2.65. The van der Waals surface area contributed by atoms with E-state index in [1.165, 1.54) is 17.5 Å². The largest absolute Gasteiger partial charge is 0.309 e. The maximum Gasteiger partial charge on any atom is 0.151 e. The number of carbonyl (C=O) groups excluding carboxylic acids is 1. The van der Waals surface area contributed by atoms with E-state index in [-0.39, 0.29) is 0 Å². The minimum absolute atomic E-state index is 0.510. The second kappa shape index (κ2) is 5.71. The van der Waals surface area contributed by atoms with Crippen LogP contribution in [-0.4, -0.2) is 24.2 Å². The lowest BCUT2D eigenvalue weighted by atomic mass is 10.3. The van der Waals surface area contributed by atoms with Gasteiger partial charge in [-0.2, -0.15) is 5.10 Å². The fraction of sp³-hybridized carbons (Fsp3) is 0.222. The minimum atomic E-state index is 0.510.